The van der Waals surface area contributed by atoms with Crippen molar-refractivity contribution >= 4 is 15.9 Å². The number of hydrogen-bond donors (Lipinski definition) is 3. The maximum absolute atomic E-state index is 9.40. The quantitative estimate of drug-likeness (QED) is 0.543. The molecule has 78 valence electrons. The third kappa shape index (κ3) is 2.20. The summed E-state index contributed by atoms with van der Waals surface area (Å²) in [5.74, 6) is 0. The van der Waals surface area contributed by atoms with Crippen LogP contribution in [0.4, 0.5) is 0 Å². The van der Waals surface area contributed by atoms with Crippen LogP contribution in [0.3, 0.4) is 0 Å². The van der Waals surface area contributed by atoms with Gasteiger partial charge in [0.1, 0.15) is 18.3 Å². The van der Waals surface area contributed by atoms with Gasteiger partial charge in [-0.25, -0.2) is 0 Å². The van der Waals surface area contributed by atoms with Gasteiger partial charge in [0.15, 0.2) is 6.29 Å². The minimum absolute atomic E-state index is 0.373. The molecule has 2 unspecified atom stereocenters. The van der Waals surface area contributed by atoms with Gasteiger partial charge < -0.3 is 24.8 Å². The molecule has 0 aromatic heterocycles. The maximum atomic E-state index is 9.40. The van der Waals surface area contributed by atoms with E-state index in [2.05, 4.69) is 15.9 Å². The molecule has 13 heavy (non-hydrogen) atoms. The van der Waals surface area contributed by atoms with Gasteiger partial charge in [-0.3, -0.25) is 0 Å². The molecule has 0 aliphatic carbocycles. The summed E-state index contributed by atoms with van der Waals surface area (Å²) in [7, 11) is 1.36. The number of rotatable bonds is 2. The van der Waals surface area contributed by atoms with Crippen LogP contribution in [0.1, 0.15) is 0 Å². The Morgan fingerprint density at radius 3 is 2.31 bits per heavy atom. The van der Waals surface area contributed by atoms with E-state index in [1.54, 1.807) is 0 Å². The van der Waals surface area contributed by atoms with E-state index in [0.717, 1.165) is 0 Å². The van der Waals surface area contributed by atoms with E-state index in [-0.39, 0.29) is 0 Å². The monoisotopic (exact) mass is 256 g/mol. The number of alkyl halides is 1. The van der Waals surface area contributed by atoms with Crippen LogP contribution in [0.5, 0.6) is 0 Å². The Morgan fingerprint density at radius 2 is 1.85 bits per heavy atom. The van der Waals surface area contributed by atoms with Crippen LogP contribution in [-0.2, 0) is 9.47 Å². The summed E-state index contributed by atoms with van der Waals surface area (Å²) in [6.45, 7) is 0. The zero-order valence-electron chi connectivity index (χ0n) is 7.13. The summed E-state index contributed by atoms with van der Waals surface area (Å²) >= 11 is 3.12. The van der Waals surface area contributed by atoms with Gasteiger partial charge in [-0.1, -0.05) is 15.9 Å². The van der Waals surface area contributed by atoms with Crippen molar-refractivity contribution < 1.29 is 24.8 Å². The molecule has 0 saturated carbocycles. The van der Waals surface area contributed by atoms with Crippen molar-refractivity contribution in [2.75, 3.05) is 12.4 Å². The first-order valence-corrected chi connectivity index (χ1v) is 5.02. The van der Waals surface area contributed by atoms with Gasteiger partial charge in [-0.15, -0.1) is 0 Å². The minimum Gasteiger partial charge on any atom is -0.388 e. The molecule has 1 fully saturated rings. The predicted octanol–water partition coefficient (Wildman–Crippen LogP) is -1.16. The van der Waals surface area contributed by atoms with Crippen molar-refractivity contribution in [1.82, 2.24) is 0 Å². The maximum Gasteiger partial charge on any atom is 0.186 e. The second kappa shape index (κ2) is 4.68. The largest absolute Gasteiger partial charge is 0.388 e. The van der Waals surface area contributed by atoms with E-state index in [9.17, 15) is 15.3 Å². The zero-order valence-corrected chi connectivity index (χ0v) is 8.72. The number of ether oxygens (including phenoxy) is 2. The molecule has 6 heteroatoms. The van der Waals surface area contributed by atoms with Crippen molar-refractivity contribution in [1.29, 1.82) is 0 Å². The first kappa shape index (κ1) is 11.4. The molecule has 5 nitrogen and oxygen atoms in total. The predicted molar refractivity (Wildman–Crippen MR) is 47.5 cm³/mol. The topological polar surface area (TPSA) is 79.2 Å². The number of hydrogen-bond acceptors (Lipinski definition) is 5. The van der Waals surface area contributed by atoms with E-state index in [1.807, 2.05) is 0 Å². The van der Waals surface area contributed by atoms with Crippen LogP contribution in [0.15, 0.2) is 0 Å². The number of aliphatic hydroxyl groups is 3. The fourth-order valence-corrected chi connectivity index (χ4v) is 1.77. The van der Waals surface area contributed by atoms with Gasteiger partial charge in [0.2, 0.25) is 0 Å². The average molecular weight is 257 g/mol. The average Bonchev–Trinajstić information content (AvgIpc) is 2.15. The SMILES string of the molecule is CO[C@@H]1OC(CBr)[C@@H](O)C(O)[C@@H]1O. The molecule has 0 aromatic rings. The first-order valence-electron chi connectivity index (χ1n) is 3.90. The molecule has 3 N–H and O–H groups in total. The molecule has 1 rings (SSSR count). The van der Waals surface area contributed by atoms with E-state index in [1.165, 1.54) is 7.11 Å². The third-order valence-electron chi connectivity index (χ3n) is 2.05. The van der Waals surface area contributed by atoms with Crippen LogP contribution < -0.4 is 0 Å². The highest BCUT2D eigenvalue weighted by molar-refractivity contribution is 9.09. The van der Waals surface area contributed by atoms with Crippen molar-refractivity contribution in [2.24, 2.45) is 0 Å². The molecule has 1 aliphatic rings. The summed E-state index contributed by atoms with van der Waals surface area (Å²) in [6.07, 6.45) is -5.00. The van der Waals surface area contributed by atoms with Crippen LogP contribution in [0.25, 0.3) is 0 Å². The Labute approximate surface area is 84.4 Å². The summed E-state index contributed by atoms with van der Waals surface area (Å²) < 4.78 is 9.94. The third-order valence-corrected chi connectivity index (χ3v) is 2.69. The van der Waals surface area contributed by atoms with Gasteiger partial charge in [-0.05, 0) is 0 Å². The number of aliphatic hydroxyl groups excluding tert-OH is 3. The summed E-state index contributed by atoms with van der Waals surface area (Å²) in [5.41, 5.74) is 0. The molecule has 0 amide bonds. The van der Waals surface area contributed by atoms with E-state index in [4.69, 9.17) is 9.47 Å². The van der Waals surface area contributed by atoms with Gasteiger partial charge in [0.05, 0.1) is 6.10 Å². The van der Waals surface area contributed by atoms with E-state index in [0.29, 0.717) is 5.33 Å². The Balaban J connectivity index is 2.66. The lowest BCUT2D eigenvalue weighted by Crippen LogP contribution is -2.58. The molecule has 0 spiro atoms. The Morgan fingerprint density at radius 1 is 1.23 bits per heavy atom. The van der Waals surface area contributed by atoms with Gasteiger partial charge in [0.25, 0.3) is 0 Å². The molecule has 0 radical (unpaired) electrons. The van der Waals surface area contributed by atoms with Crippen molar-refractivity contribution in [3.63, 3.8) is 0 Å². The van der Waals surface area contributed by atoms with Crippen molar-refractivity contribution in [3.8, 4) is 0 Å². The van der Waals surface area contributed by atoms with Crippen molar-refractivity contribution in [3.05, 3.63) is 0 Å². The zero-order chi connectivity index (χ0) is 10.0. The lowest BCUT2D eigenvalue weighted by Gasteiger charge is -2.39. The molecule has 0 aromatic carbocycles. The Bertz CT molecular complexity index is 147. The van der Waals surface area contributed by atoms with Crippen LogP contribution in [-0.4, -0.2) is 58.5 Å². The smallest absolute Gasteiger partial charge is 0.186 e. The highest BCUT2D eigenvalue weighted by Gasteiger charge is 2.43. The molecule has 1 saturated heterocycles. The fourth-order valence-electron chi connectivity index (χ4n) is 1.24. The lowest BCUT2D eigenvalue weighted by atomic mass is 10.0. The second-order valence-corrected chi connectivity index (χ2v) is 3.55. The number of methoxy groups -OCH3 is 1. The summed E-state index contributed by atoms with van der Waals surface area (Å²) in [4.78, 5) is 0. The standard InChI is InChI=1S/C7H13BrO5/c1-12-7-6(11)5(10)4(9)3(2-8)13-7/h3-7,9-11H,2H2,1H3/t3?,4-,5?,6+,7-/m1/s1. The Hall–Kier alpha value is 0.280. The minimum atomic E-state index is -1.23. The van der Waals surface area contributed by atoms with Crippen LogP contribution in [0.2, 0.25) is 0 Å². The fraction of sp³-hybridized carbons (Fsp3) is 1.00. The number of halogens is 1. The van der Waals surface area contributed by atoms with Gasteiger partial charge in [-0.2, -0.15) is 0 Å². The molecular weight excluding hydrogens is 244 g/mol. The van der Waals surface area contributed by atoms with Crippen molar-refractivity contribution in [2.45, 2.75) is 30.7 Å². The molecular formula is C7H13BrO5. The van der Waals surface area contributed by atoms with Gasteiger partial charge >= 0.3 is 0 Å². The molecule has 5 atom stereocenters. The second-order valence-electron chi connectivity index (χ2n) is 2.90. The molecule has 1 heterocycles. The summed E-state index contributed by atoms with van der Waals surface area (Å²) in [6, 6.07) is 0. The highest BCUT2D eigenvalue weighted by Crippen LogP contribution is 2.22. The normalized spacial score (nSPS) is 46.4. The van der Waals surface area contributed by atoms with E-state index < -0.39 is 30.7 Å². The highest BCUT2D eigenvalue weighted by atomic mass is 79.9. The van der Waals surface area contributed by atoms with Crippen LogP contribution in [0, 0.1) is 0 Å². The lowest BCUT2D eigenvalue weighted by molar-refractivity contribution is -0.284. The van der Waals surface area contributed by atoms with Gasteiger partial charge in [0, 0.05) is 12.4 Å². The van der Waals surface area contributed by atoms with Crippen LogP contribution >= 0.6 is 15.9 Å². The van der Waals surface area contributed by atoms with E-state index >= 15 is 0 Å². The molecule has 0 bridgehead atoms. The summed E-state index contributed by atoms with van der Waals surface area (Å²) in [5, 5.41) is 28.5. The Kier molecular flexibility index (Phi) is 4.08. The molecule has 1 aliphatic heterocycles. The first-order chi connectivity index (χ1) is 6.11.